The Hall–Kier alpha value is -1.78. The molecular formula is C14H22N2O3. The summed E-state index contributed by atoms with van der Waals surface area (Å²) in [5.41, 5.74) is 0.657. The van der Waals surface area contributed by atoms with Gasteiger partial charge in [-0.1, -0.05) is 13.3 Å². The van der Waals surface area contributed by atoms with Gasteiger partial charge in [0.15, 0.2) is 0 Å². The Morgan fingerprint density at radius 1 is 1.32 bits per heavy atom. The number of ether oxygens (including phenoxy) is 1. The smallest absolute Gasteiger partial charge is 0.275 e. The first-order chi connectivity index (χ1) is 8.88. The van der Waals surface area contributed by atoms with Crippen LogP contribution in [0, 0.1) is 10.1 Å². The fourth-order valence-electron chi connectivity index (χ4n) is 2.09. The molecular weight excluding hydrogens is 244 g/mol. The minimum absolute atomic E-state index is 0.0424. The van der Waals surface area contributed by atoms with Crippen molar-refractivity contribution < 1.29 is 9.66 Å². The van der Waals surface area contributed by atoms with Crippen LogP contribution in [-0.4, -0.2) is 17.1 Å². The molecule has 5 nitrogen and oxygen atoms in total. The predicted octanol–water partition coefficient (Wildman–Crippen LogP) is 3.98. The van der Waals surface area contributed by atoms with E-state index in [2.05, 4.69) is 26.1 Å². The number of nitrogens with one attached hydrogen (secondary N) is 1. The Labute approximate surface area is 114 Å². The number of nitrogens with zero attached hydrogens (tertiary/aromatic N) is 1. The van der Waals surface area contributed by atoms with E-state index in [1.54, 1.807) is 12.1 Å². The van der Waals surface area contributed by atoms with Crippen LogP contribution >= 0.6 is 0 Å². The molecule has 0 saturated heterocycles. The molecule has 0 aliphatic carbocycles. The molecule has 0 bridgehead atoms. The van der Waals surface area contributed by atoms with Gasteiger partial charge in [-0.3, -0.25) is 10.1 Å². The highest BCUT2D eigenvalue weighted by Crippen LogP contribution is 2.29. The number of nitro groups is 1. The molecule has 0 heterocycles. The SMILES string of the molecule is CCCC(C)(C)Nc1cc(OCC)cc([N+](=O)[O-])c1. The molecule has 106 valence electrons. The highest BCUT2D eigenvalue weighted by molar-refractivity contribution is 5.57. The quantitative estimate of drug-likeness (QED) is 0.598. The minimum atomic E-state index is -0.402. The van der Waals surface area contributed by atoms with Gasteiger partial charge in [0.2, 0.25) is 0 Å². The van der Waals surface area contributed by atoms with E-state index in [1.807, 2.05) is 6.92 Å². The largest absolute Gasteiger partial charge is 0.494 e. The van der Waals surface area contributed by atoms with Gasteiger partial charge in [0, 0.05) is 23.4 Å². The van der Waals surface area contributed by atoms with E-state index in [0.29, 0.717) is 12.4 Å². The summed E-state index contributed by atoms with van der Waals surface area (Å²) >= 11 is 0. The first-order valence-corrected chi connectivity index (χ1v) is 6.58. The van der Waals surface area contributed by atoms with Crippen molar-refractivity contribution in [2.75, 3.05) is 11.9 Å². The van der Waals surface area contributed by atoms with Gasteiger partial charge in [0.1, 0.15) is 5.75 Å². The topological polar surface area (TPSA) is 64.4 Å². The third-order valence-corrected chi connectivity index (χ3v) is 2.77. The molecule has 0 saturated carbocycles. The molecule has 0 amide bonds. The van der Waals surface area contributed by atoms with Crippen LogP contribution in [0.5, 0.6) is 5.75 Å². The number of nitro benzene ring substituents is 1. The molecule has 0 aliphatic rings. The van der Waals surface area contributed by atoms with Gasteiger partial charge < -0.3 is 10.1 Å². The lowest BCUT2D eigenvalue weighted by molar-refractivity contribution is -0.384. The second-order valence-corrected chi connectivity index (χ2v) is 5.16. The van der Waals surface area contributed by atoms with Crippen LogP contribution in [-0.2, 0) is 0 Å². The van der Waals surface area contributed by atoms with Gasteiger partial charge in [0.05, 0.1) is 17.6 Å². The highest BCUT2D eigenvalue weighted by Gasteiger charge is 2.18. The van der Waals surface area contributed by atoms with Gasteiger partial charge in [-0.15, -0.1) is 0 Å². The lowest BCUT2D eigenvalue weighted by Crippen LogP contribution is -2.30. The Morgan fingerprint density at radius 3 is 2.53 bits per heavy atom. The van der Waals surface area contributed by atoms with Crippen molar-refractivity contribution in [2.45, 2.75) is 46.1 Å². The average Bonchev–Trinajstić information content (AvgIpc) is 2.27. The second-order valence-electron chi connectivity index (χ2n) is 5.16. The lowest BCUT2D eigenvalue weighted by Gasteiger charge is -2.27. The number of non-ortho nitro benzene ring substituents is 1. The van der Waals surface area contributed by atoms with Crippen molar-refractivity contribution in [2.24, 2.45) is 0 Å². The summed E-state index contributed by atoms with van der Waals surface area (Å²) in [7, 11) is 0. The van der Waals surface area contributed by atoms with Crippen LogP contribution in [0.2, 0.25) is 0 Å². The normalized spacial score (nSPS) is 11.2. The summed E-state index contributed by atoms with van der Waals surface area (Å²) in [5.74, 6) is 0.520. The summed E-state index contributed by atoms with van der Waals surface area (Å²) in [6.45, 7) is 8.61. The number of rotatable bonds is 7. The standard InChI is InChI=1S/C14H22N2O3/c1-5-7-14(3,4)15-11-8-12(16(17)18)10-13(9-11)19-6-2/h8-10,15H,5-7H2,1-4H3. The monoisotopic (exact) mass is 266 g/mol. The number of hydrogen-bond acceptors (Lipinski definition) is 4. The van der Waals surface area contributed by atoms with Crippen LogP contribution in [0.15, 0.2) is 18.2 Å². The van der Waals surface area contributed by atoms with E-state index in [1.165, 1.54) is 6.07 Å². The summed E-state index contributed by atoms with van der Waals surface area (Å²) in [6.07, 6.45) is 2.03. The van der Waals surface area contributed by atoms with E-state index in [-0.39, 0.29) is 11.2 Å². The fourth-order valence-corrected chi connectivity index (χ4v) is 2.09. The maximum Gasteiger partial charge on any atom is 0.275 e. The van der Waals surface area contributed by atoms with Crippen molar-refractivity contribution >= 4 is 11.4 Å². The second kappa shape index (κ2) is 6.41. The van der Waals surface area contributed by atoms with Gasteiger partial charge in [-0.05, 0) is 27.2 Å². The molecule has 0 atom stereocenters. The van der Waals surface area contributed by atoms with Crippen molar-refractivity contribution in [3.05, 3.63) is 28.3 Å². The van der Waals surface area contributed by atoms with Gasteiger partial charge in [0.25, 0.3) is 5.69 Å². The van der Waals surface area contributed by atoms with E-state index >= 15 is 0 Å². The van der Waals surface area contributed by atoms with Crippen LogP contribution in [0.1, 0.15) is 40.5 Å². The molecule has 0 aromatic heterocycles. The van der Waals surface area contributed by atoms with Gasteiger partial charge in [-0.25, -0.2) is 0 Å². The molecule has 1 rings (SSSR count). The Bertz CT molecular complexity index is 444. The van der Waals surface area contributed by atoms with Crippen LogP contribution < -0.4 is 10.1 Å². The Kier molecular flexibility index (Phi) is 5.15. The molecule has 1 aromatic carbocycles. The summed E-state index contributed by atoms with van der Waals surface area (Å²) in [6, 6.07) is 4.79. The van der Waals surface area contributed by atoms with E-state index in [9.17, 15) is 10.1 Å². The summed E-state index contributed by atoms with van der Waals surface area (Å²) < 4.78 is 5.37. The maximum atomic E-state index is 10.9. The molecule has 1 aromatic rings. The number of hydrogen-bond donors (Lipinski definition) is 1. The zero-order valence-corrected chi connectivity index (χ0v) is 12.0. The van der Waals surface area contributed by atoms with Crippen molar-refractivity contribution in [3.63, 3.8) is 0 Å². The summed E-state index contributed by atoms with van der Waals surface area (Å²) in [4.78, 5) is 10.5. The molecule has 0 aliphatic heterocycles. The first-order valence-electron chi connectivity index (χ1n) is 6.58. The molecule has 5 heteroatoms. The maximum absolute atomic E-state index is 10.9. The van der Waals surface area contributed by atoms with Crippen molar-refractivity contribution in [1.29, 1.82) is 0 Å². The fraction of sp³-hybridized carbons (Fsp3) is 0.571. The first kappa shape index (κ1) is 15.3. The Morgan fingerprint density at radius 2 is 2.00 bits per heavy atom. The Balaban J connectivity index is 3.02. The van der Waals surface area contributed by atoms with E-state index < -0.39 is 4.92 Å². The van der Waals surface area contributed by atoms with E-state index in [0.717, 1.165) is 18.5 Å². The molecule has 0 radical (unpaired) electrons. The van der Waals surface area contributed by atoms with Crippen molar-refractivity contribution in [1.82, 2.24) is 0 Å². The zero-order valence-electron chi connectivity index (χ0n) is 12.0. The molecule has 19 heavy (non-hydrogen) atoms. The molecule has 0 spiro atoms. The zero-order chi connectivity index (χ0) is 14.5. The van der Waals surface area contributed by atoms with Crippen LogP contribution in [0.4, 0.5) is 11.4 Å². The van der Waals surface area contributed by atoms with Gasteiger partial charge >= 0.3 is 0 Å². The van der Waals surface area contributed by atoms with Crippen LogP contribution in [0.3, 0.4) is 0 Å². The molecule has 0 fully saturated rings. The molecule has 1 N–H and O–H groups in total. The highest BCUT2D eigenvalue weighted by atomic mass is 16.6. The number of anilines is 1. The summed E-state index contributed by atoms with van der Waals surface area (Å²) in [5, 5.41) is 14.3. The third kappa shape index (κ3) is 4.77. The number of benzene rings is 1. The van der Waals surface area contributed by atoms with Gasteiger partial charge in [-0.2, -0.15) is 0 Å². The average molecular weight is 266 g/mol. The van der Waals surface area contributed by atoms with Crippen LogP contribution in [0.25, 0.3) is 0 Å². The lowest BCUT2D eigenvalue weighted by atomic mass is 9.98. The van der Waals surface area contributed by atoms with Crippen molar-refractivity contribution in [3.8, 4) is 5.75 Å². The predicted molar refractivity (Wildman–Crippen MR) is 76.9 cm³/mol. The third-order valence-electron chi connectivity index (χ3n) is 2.77. The van der Waals surface area contributed by atoms with E-state index in [4.69, 9.17) is 4.74 Å². The molecule has 0 unspecified atom stereocenters. The minimum Gasteiger partial charge on any atom is -0.494 e.